The number of para-hydroxylation sites is 1. The van der Waals surface area contributed by atoms with Crippen LogP contribution in [0.5, 0.6) is 5.75 Å². The Morgan fingerprint density at radius 3 is 2.90 bits per heavy atom. The van der Waals surface area contributed by atoms with Gasteiger partial charge in [0.2, 0.25) is 5.91 Å². The number of amides is 1. The molecule has 3 nitrogen and oxygen atoms in total. The zero-order valence-electron chi connectivity index (χ0n) is 12.4. The molecule has 0 aliphatic carbocycles. The second kappa shape index (κ2) is 7.93. The molecule has 0 saturated carbocycles. The van der Waals surface area contributed by atoms with E-state index in [1.807, 2.05) is 35.2 Å². The Balaban J connectivity index is 1.77. The molecule has 1 aromatic carbocycles. The van der Waals surface area contributed by atoms with Crippen molar-refractivity contribution in [2.24, 2.45) is 5.92 Å². The van der Waals surface area contributed by atoms with Gasteiger partial charge in [-0.15, -0.1) is 0 Å². The number of rotatable bonds is 6. The third-order valence-electron chi connectivity index (χ3n) is 3.84. The number of hydrogen-bond donors (Lipinski definition) is 0. The quantitative estimate of drug-likeness (QED) is 0.795. The van der Waals surface area contributed by atoms with Gasteiger partial charge in [-0.2, -0.15) is 0 Å². The highest BCUT2D eigenvalue weighted by atomic mass is 16.5. The second-order valence-corrected chi connectivity index (χ2v) is 5.58. The van der Waals surface area contributed by atoms with E-state index in [0.717, 1.165) is 44.5 Å². The van der Waals surface area contributed by atoms with Gasteiger partial charge < -0.3 is 9.64 Å². The van der Waals surface area contributed by atoms with Crippen molar-refractivity contribution in [3.05, 3.63) is 30.3 Å². The largest absolute Gasteiger partial charge is 0.493 e. The molecule has 1 unspecified atom stereocenters. The first-order valence-electron chi connectivity index (χ1n) is 7.75. The average Bonchev–Trinajstić information content (AvgIpc) is 2.52. The van der Waals surface area contributed by atoms with E-state index in [4.69, 9.17) is 4.74 Å². The zero-order valence-corrected chi connectivity index (χ0v) is 12.4. The lowest BCUT2D eigenvalue weighted by atomic mass is 9.98. The van der Waals surface area contributed by atoms with Crippen molar-refractivity contribution >= 4 is 5.91 Å². The van der Waals surface area contributed by atoms with Crippen LogP contribution in [-0.4, -0.2) is 30.5 Å². The van der Waals surface area contributed by atoms with E-state index in [2.05, 4.69) is 6.92 Å². The first-order valence-corrected chi connectivity index (χ1v) is 7.75. The molecule has 2 rings (SSSR count). The number of unbranched alkanes of at least 4 members (excludes halogenated alkanes) is 1. The van der Waals surface area contributed by atoms with Crippen LogP contribution in [0.3, 0.4) is 0 Å². The fourth-order valence-electron chi connectivity index (χ4n) is 2.64. The lowest BCUT2D eigenvalue weighted by Gasteiger charge is -2.32. The number of carbonyl (C=O) groups excluding carboxylic acids is 1. The summed E-state index contributed by atoms with van der Waals surface area (Å²) in [4.78, 5) is 14.1. The van der Waals surface area contributed by atoms with Gasteiger partial charge in [-0.25, -0.2) is 0 Å². The Hall–Kier alpha value is -1.51. The van der Waals surface area contributed by atoms with Gasteiger partial charge in [0.15, 0.2) is 0 Å². The molecule has 1 aromatic rings. The maximum atomic E-state index is 12.1. The van der Waals surface area contributed by atoms with Crippen LogP contribution >= 0.6 is 0 Å². The van der Waals surface area contributed by atoms with Gasteiger partial charge in [0, 0.05) is 25.4 Å². The SMILES string of the molecule is CCCCC(=O)N1CCCC(COc2ccccc2)C1. The maximum Gasteiger partial charge on any atom is 0.222 e. The Morgan fingerprint density at radius 2 is 2.15 bits per heavy atom. The Morgan fingerprint density at radius 1 is 1.35 bits per heavy atom. The first-order chi connectivity index (χ1) is 9.79. The molecule has 1 amide bonds. The molecule has 110 valence electrons. The topological polar surface area (TPSA) is 29.5 Å². The molecule has 1 atom stereocenters. The minimum atomic E-state index is 0.316. The van der Waals surface area contributed by atoms with E-state index >= 15 is 0 Å². The molecule has 1 aliphatic heterocycles. The molecular formula is C17H25NO2. The summed E-state index contributed by atoms with van der Waals surface area (Å²) in [5.74, 6) is 1.70. The molecule has 0 N–H and O–H groups in total. The predicted octanol–water partition coefficient (Wildman–Crippen LogP) is 3.49. The number of carbonyl (C=O) groups is 1. The van der Waals surface area contributed by atoms with E-state index < -0.39 is 0 Å². The molecule has 0 spiro atoms. The number of ether oxygens (including phenoxy) is 1. The fraction of sp³-hybridized carbons (Fsp3) is 0.588. The van der Waals surface area contributed by atoms with Crippen LogP contribution in [0, 0.1) is 5.92 Å². The maximum absolute atomic E-state index is 12.1. The van der Waals surface area contributed by atoms with Gasteiger partial charge in [-0.3, -0.25) is 4.79 Å². The molecule has 0 bridgehead atoms. The molecule has 0 radical (unpaired) electrons. The van der Waals surface area contributed by atoms with Gasteiger partial charge in [-0.05, 0) is 31.4 Å². The molecule has 3 heteroatoms. The average molecular weight is 275 g/mol. The van der Waals surface area contributed by atoms with Gasteiger partial charge in [0.1, 0.15) is 5.75 Å². The predicted molar refractivity (Wildman–Crippen MR) is 80.8 cm³/mol. The van der Waals surface area contributed by atoms with E-state index in [1.54, 1.807) is 0 Å². The standard InChI is InChI=1S/C17H25NO2/c1-2-3-11-17(19)18-12-7-8-15(13-18)14-20-16-9-5-4-6-10-16/h4-6,9-10,15H,2-3,7-8,11-14H2,1H3. The van der Waals surface area contributed by atoms with Crippen molar-refractivity contribution in [1.29, 1.82) is 0 Å². The van der Waals surface area contributed by atoms with Crippen LogP contribution in [0.25, 0.3) is 0 Å². The molecule has 1 fully saturated rings. The van der Waals surface area contributed by atoms with E-state index in [0.29, 0.717) is 24.9 Å². The van der Waals surface area contributed by atoms with Gasteiger partial charge in [0.25, 0.3) is 0 Å². The van der Waals surface area contributed by atoms with E-state index in [-0.39, 0.29) is 0 Å². The van der Waals surface area contributed by atoms with Crippen molar-refractivity contribution in [3.63, 3.8) is 0 Å². The molecular weight excluding hydrogens is 250 g/mol. The number of piperidine rings is 1. The third-order valence-corrected chi connectivity index (χ3v) is 3.84. The third kappa shape index (κ3) is 4.55. The molecule has 1 heterocycles. The summed E-state index contributed by atoms with van der Waals surface area (Å²) in [6, 6.07) is 9.91. The first kappa shape index (κ1) is 14.9. The minimum Gasteiger partial charge on any atom is -0.493 e. The molecule has 1 saturated heterocycles. The van der Waals surface area contributed by atoms with E-state index in [1.165, 1.54) is 0 Å². The normalized spacial score (nSPS) is 18.9. The Bertz CT molecular complexity index is 405. The summed E-state index contributed by atoms with van der Waals surface area (Å²) in [7, 11) is 0. The van der Waals surface area contributed by atoms with Gasteiger partial charge in [0.05, 0.1) is 6.61 Å². The summed E-state index contributed by atoms with van der Waals surface area (Å²) < 4.78 is 5.82. The zero-order chi connectivity index (χ0) is 14.2. The van der Waals surface area contributed by atoms with Crippen molar-refractivity contribution in [3.8, 4) is 5.75 Å². The summed E-state index contributed by atoms with van der Waals surface area (Å²) in [5, 5.41) is 0. The lowest BCUT2D eigenvalue weighted by Crippen LogP contribution is -2.41. The van der Waals surface area contributed by atoms with Crippen LogP contribution in [0.2, 0.25) is 0 Å². The van der Waals surface area contributed by atoms with Crippen molar-refractivity contribution in [1.82, 2.24) is 4.90 Å². The van der Waals surface area contributed by atoms with Gasteiger partial charge in [-0.1, -0.05) is 31.5 Å². The van der Waals surface area contributed by atoms with Crippen molar-refractivity contribution in [2.75, 3.05) is 19.7 Å². The Kier molecular flexibility index (Phi) is 5.90. The number of likely N-dealkylation sites (tertiary alicyclic amines) is 1. The summed E-state index contributed by atoms with van der Waals surface area (Å²) in [6.45, 7) is 4.61. The van der Waals surface area contributed by atoms with Crippen LogP contribution in [0.15, 0.2) is 30.3 Å². The minimum absolute atomic E-state index is 0.316. The highest BCUT2D eigenvalue weighted by molar-refractivity contribution is 5.76. The lowest BCUT2D eigenvalue weighted by molar-refractivity contribution is -0.133. The van der Waals surface area contributed by atoms with Crippen molar-refractivity contribution < 1.29 is 9.53 Å². The Labute approximate surface area is 121 Å². The molecule has 20 heavy (non-hydrogen) atoms. The molecule has 0 aromatic heterocycles. The number of hydrogen-bond acceptors (Lipinski definition) is 2. The van der Waals surface area contributed by atoms with Crippen LogP contribution in [0.1, 0.15) is 39.0 Å². The van der Waals surface area contributed by atoms with Crippen LogP contribution in [0.4, 0.5) is 0 Å². The monoisotopic (exact) mass is 275 g/mol. The number of benzene rings is 1. The highest BCUT2D eigenvalue weighted by Crippen LogP contribution is 2.19. The summed E-state index contributed by atoms with van der Waals surface area (Å²) in [5.41, 5.74) is 0. The smallest absolute Gasteiger partial charge is 0.222 e. The number of nitrogens with zero attached hydrogens (tertiary/aromatic N) is 1. The van der Waals surface area contributed by atoms with Crippen LogP contribution < -0.4 is 4.74 Å². The van der Waals surface area contributed by atoms with E-state index in [9.17, 15) is 4.79 Å². The highest BCUT2D eigenvalue weighted by Gasteiger charge is 2.23. The van der Waals surface area contributed by atoms with Crippen LogP contribution in [-0.2, 0) is 4.79 Å². The van der Waals surface area contributed by atoms with Gasteiger partial charge >= 0.3 is 0 Å². The molecule has 1 aliphatic rings. The summed E-state index contributed by atoms with van der Waals surface area (Å²) in [6.07, 6.45) is 5.04. The second-order valence-electron chi connectivity index (χ2n) is 5.58. The van der Waals surface area contributed by atoms with Crippen molar-refractivity contribution in [2.45, 2.75) is 39.0 Å². The summed E-state index contributed by atoms with van der Waals surface area (Å²) >= 11 is 0. The fourth-order valence-corrected chi connectivity index (χ4v) is 2.64.